The lowest BCUT2D eigenvalue weighted by Gasteiger charge is -2.23. The lowest BCUT2D eigenvalue weighted by atomic mass is 10.1. The van der Waals surface area contributed by atoms with E-state index in [-0.39, 0.29) is 5.43 Å². The van der Waals surface area contributed by atoms with Crippen molar-refractivity contribution in [1.29, 1.82) is 0 Å². The van der Waals surface area contributed by atoms with Gasteiger partial charge in [0, 0.05) is 55.0 Å². The summed E-state index contributed by atoms with van der Waals surface area (Å²) >= 11 is 0. The maximum absolute atomic E-state index is 12.3. The standard InChI is InChI=1S/C22H25N3O/c1-17-13-24-21(18(2)22(17)26)16-25(15-20-9-6-11-23-14-20)12-10-19-7-4-3-5-8-19/h3-9,11,13-14H,10,12,15-16H2,1-2H3,(H,24,26). The van der Waals surface area contributed by atoms with Crippen LogP contribution in [0.2, 0.25) is 0 Å². The van der Waals surface area contributed by atoms with Crippen LogP contribution in [0.25, 0.3) is 0 Å². The molecule has 0 radical (unpaired) electrons. The van der Waals surface area contributed by atoms with Crippen molar-refractivity contribution in [1.82, 2.24) is 14.9 Å². The number of rotatable bonds is 7. The van der Waals surface area contributed by atoms with Crippen LogP contribution < -0.4 is 5.43 Å². The fourth-order valence-corrected chi connectivity index (χ4v) is 3.09. The van der Waals surface area contributed by atoms with Gasteiger partial charge in [-0.2, -0.15) is 0 Å². The van der Waals surface area contributed by atoms with Gasteiger partial charge in [-0.05, 0) is 37.5 Å². The van der Waals surface area contributed by atoms with E-state index in [4.69, 9.17) is 0 Å². The number of benzene rings is 1. The molecule has 1 aromatic carbocycles. The van der Waals surface area contributed by atoms with Crippen LogP contribution in [0.5, 0.6) is 0 Å². The molecule has 0 fully saturated rings. The molecule has 0 unspecified atom stereocenters. The van der Waals surface area contributed by atoms with Gasteiger partial charge in [0.25, 0.3) is 0 Å². The second kappa shape index (κ2) is 8.59. The van der Waals surface area contributed by atoms with Crippen LogP contribution in [0.1, 0.15) is 27.9 Å². The van der Waals surface area contributed by atoms with Gasteiger partial charge in [0.1, 0.15) is 0 Å². The monoisotopic (exact) mass is 347 g/mol. The molecule has 3 aromatic rings. The number of aromatic nitrogens is 2. The minimum absolute atomic E-state index is 0.128. The smallest absolute Gasteiger partial charge is 0.187 e. The molecular formula is C22H25N3O. The highest BCUT2D eigenvalue weighted by Crippen LogP contribution is 2.11. The number of nitrogens with zero attached hydrogens (tertiary/aromatic N) is 2. The zero-order valence-corrected chi connectivity index (χ0v) is 15.4. The number of hydrogen-bond acceptors (Lipinski definition) is 3. The van der Waals surface area contributed by atoms with Crippen LogP contribution >= 0.6 is 0 Å². The Hall–Kier alpha value is -2.72. The average molecular weight is 347 g/mol. The number of nitrogens with one attached hydrogen (secondary N) is 1. The maximum atomic E-state index is 12.3. The van der Waals surface area contributed by atoms with Gasteiger partial charge in [-0.15, -0.1) is 0 Å². The average Bonchev–Trinajstić information content (AvgIpc) is 2.68. The highest BCUT2D eigenvalue weighted by atomic mass is 16.1. The molecule has 0 spiro atoms. The molecule has 0 amide bonds. The Morgan fingerprint density at radius 2 is 1.77 bits per heavy atom. The van der Waals surface area contributed by atoms with Crippen LogP contribution in [0.4, 0.5) is 0 Å². The Bertz CT molecular complexity index is 888. The number of aromatic amines is 1. The Kier molecular flexibility index (Phi) is 5.97. The molecule has 0 aliphatic heterocycles. The fourth-order valence-electron chi connectivity index (χ4n) is 3.09. The van der Waals surface area contributed by atoms with Gasteiger partial charge < -0.3 is 4.98 Å². The van der Waals surface area contributed by atoms with Crippen LogP contribution in [0, 0.1) is 13.8 Å². The predicted octanol–water partition coefficient (Wildman–Crippen LogP) is 3.63. The number of aryl methyl sites for hydroxylation is 1. The number of H-pyrrole nitrogens is 1. The van der Waals surface area contributed by atoms with Gasteiger partial charge in [0.15, 0.2) is 5.43 Å². The van der Waals surface area contributed by atoms with Gasteiger partial charge >= 0.3 is 0 Å². The molecule has 0 aliphatic rings. The van der Waals surface area contributed by atoms with Gasteiger partial charge in [0.05, 0.1) is 0 Å². The molecule has 134 valence electrons. The van der Waals surface area contributed by atoms with Crippen molar-refractivity contribution in [3.8, 4) is 0 Å². The van der Waals surface area contributed by atoms with Gasteiger partial charge in [-0.3, -0.25) is 14.7 Å². The summed E-state index contributed by atoms with van der Waals surface area (Å²) in [7, 11) is 0. The van der Waals surface area contributed by atoms with E-state index < -0.39 is 0 Å². The molecule has 2 aromatic heterocycles. The Labute approximate surface area is 154 Å². The topological polar surface area (TPSA) is 49.0 Å². The van der Waals surface area contributed by atoms with Crippen molar-refractivity contribution in [2.24, 2.45) is 0 Å². The van der Waals surface area contributed by atoms with E-state index in [0.717, 1.165) is 36.3 Å². The van der Waals surface area contributed by atoms with Crippen LogP contribution in [0.15, 0.2) is 65.8 Å². The minimum Gasteiger partial charge on any atom is -0.363 e. The van der Waals surface area contributed by atoms with Crippen molar-refractivity contribution in [2.75, 3.05) is 6.54 Å². The van der Waals surface area contributed by atoms with Crippen LogP contribution in [-0.4, -0.2) is 21.4 Å². The quantitative estimate of drug-likeness (QED) is 0.710. The van der Waals surface area contributed by atoms with Gasteiger partial charge in [-0.25, -0.2) is 0 Å². The third kappa shape index (κ3) is 4.67. The summed E-state index contributed by atoms with van der Waals surface area (Å²) < 4.78 is 0. The molecular weight excluding hydrogens is 322 g/mol. The van der Waals surface area contributed by atoms with E-state index in [0.29, 0.717) is 6.54 Å². The lowest BCUT2D eigenvalue weighted by Crippen LogP contribution is -2.27. The van der Waals surface area contributed by atoms with E-state index in [1.54, 1.807) is 6.20 Å². The van der Waals surface area contributed by atoms with E-state index in [2.05, 4.69) is 45.2 Å². The number of hydrogen-bond donors (Lipinski definition) is 1. The first-order valence-electron chi connectivity index (χ1n) is 8.96. The third-order valence-corrected chi connectivity index (χ3v) is 4.68. The number of pyridine rings is 2. The molecule has 26 heavy (non-hydrogen) atoms. The summed E-state index contributed by atoms with van der Waals surface area (Å²) in [6.07, 6.45) is 6.47. The largest absolute Gasteiger partial charge is 0.363 e. The minimum atomic E-state index is 0.128. The molecule has 0 saturated carbocycles. The first-order valence-corrected chi connectivity index (χ1v) is 8.96. The molecule has 4 heteroatoms. The highest BCUT2D eigenvalue weighted by Gasteiger charge is 2.12. The summed E-state index contributed by atoms with van der Waals surface area (Å²) in [5, 5.41) is 0. The predicted molar refractivity (Wildman–Crippen MR) is 105 cm³/mol. The maximum Gasteiger partial charge on any atom is 0.187 e. The molecule has 0 atom stereocenters. The van der Waals surface area contributed by atoms with Crippen molar-refractivity contribution < 1.29 is 0 Å². The molecule has 3 rings (SSSR count). The summed E-state index contributed by atoms with van der Waals surface area (Å²) in [4.78, 5) is 22.1. The van der Waals surface area contributed by atoms with Crippen molar-refractivity contribution in [2.45, 2.75) is 33.4 Å². The van der Waals surface area contributed by atoms with Crippen molar-refractivity contribution in [3.63, 3.8) is 0 Å². The zero-order chi connectivity index (χ0) is 18.4. The summed E-state index contributed by atoms with van der Waals surface area (Å²) in [5.74, 6) is 0. The lowest BCUT2D eigenvalue weighted by molar-refractivity contribution is 0.256. The highest BCUT2D eigenvalue weighted by molar-refractivity contribution is 5.24. The third-order valence-electron chi connectivity index (χ3n) is 4.68. The zero-order valence-electron chi connectivity index (χ0n) is 15.4. The van der Waals surface area contributed by atoms with Gasteiger partial charge in [-0.1, -0.05) is 36.4 Å². The Balaban J connectivity index is 1.78. The van der Waals surface area contributed by atoms with E-state index in [9.17, 15) is 4.79 Å². The molecule has 0 aliphatic carbocycles. The van der Waals surface area contributed by atoms with Crippen molar-refractivity contribution in [3.05, 3.63) is 99.2 Å². The molecule has 1 N–H and O–H groups in total. The van der Waals surface area contributed by atoms with E-state index in [1.807, 2.05) is 38.4 Å². The van der Waals surface area contributed by atoms with Crippen LogP contribution in [-0.2, 0) is 19.5 Å². The summed E-state index contributed by atoms with van der Waals surface area (Å²) in [6.45, 7) is 6.17. The van der Waals surface area contributed by atoms with Crippen molar-refractivity contribution >= 4 is 0 Å². The second-order valence-corrected chi connectivity index (χ2v) is 6.71. The fraction of sp³-hybridized carbons (Fsp3) is 0.273. The Morgan fingerprint density at radius 1 is 1.00 bits per heavy atom. The molecule has 0 bridgehead atoms. The van der Waals surface area contributed by atoms with E-state index in [1.165, 1.54) is 11.1 Å². The molecule has 4 nitrogen and oxygen atoms in total. The van der Waals surface area contributed by atoms with E-state index >= 15 is 0 Å². The summed E-state index contributed by atoms with van der Waals surface area (Å²) in [6, 6.07) is 14.5. The normalized spacial score (nSPS) is 11.0. The second-order valence-electron chi connectivity index (χ2n) is 6.71. The van der Waals surface area contributed by atoms with Crippen LogP contribution in [0.3, 0.4) is 0 Å². The first kappa shape index (κ1) is 18.1. The van der Waals surface area contributed by atoms with Gasteiger partial charge in [0.2, 0.25) is 0 Å². The molecule has 2 heterocycles. The molecule has 0 saturated heterocycles. The Morgan fingerprint density at radius 3 is 2.50 bits per heavy atom. The summed E-state index contributed by atoms with van der Waals surface area (Å²) in [5.41, 5.74) is 5.17. The first-order chi connectivity index (χ1) is 12.6. The SMILES string of the molecule is Cc1c[nH]c(CN(CCc2ccccc2)Cc2cccnc2)c(C)c1=O.